The van der Waals surface area contributed by atoms with Crippen LogP contribution in [0, 0.1) is 0 Å². The van der Waals surface area contributed by atoms with E-state index in [4.69, 9.17) is 20.1 Å². The third-order valence-corrected chi connectivity index (χ3v) is 0.906. The fourth-order valence-corrected chi connectivity index (χ4v) is 0.300. The zero-order chi connectivity index (χ0) is 10.2. The first kappa shape index (κ1) is 18.2. The Morgan fingerprint density at radius 3 is 1.54 bits per heavy atom. The molecule has 0 aromatic rings. The third kappa shape index (κ3) is 34.8. The van der Waals surface area contributed by atoms with Crippen LogP contribution in [0.25, 0.3) is 0 Å². The molecule has 0 aromatic carbocycles. The molecule has 0 rings (SSSR count). The molecule has 0 aromatic heterocycles. The maximum atomic E-state index is 9.12. The van der Waals surface area contributed by atoms with Crippen LogP contribution in [0.1, 0.15) is 0 Å². The van der Waals surface area contributed by atoms with Gasteiger partial charge in [-0.15, -0.1) is 0 Å². The van der Waals surface area contributed by atoms with Crippen molar-refractivity contribution in [1.82, 2.24) is 6.15 Å². The van der Waals surface area contributed by atoms with E-state index in [9.17, 15) is 0 Å². The highest BCUT2D eigenvalue weighted by molar-refractivity contribution is 5.67. The Hall–Kier alpha value is -0.690. The molecule has 13 heavy (non-hydrogen) atoms. The lowest BCUT2D eigenvalue weighted by molar-refractivity contribution is -0.870. The molecule has 0 aliphatic rings. The Bertz CT molecular complexity index is 122. The normalized spacial score (nSPS) is 9.31. The molecule has 6 N–H and O–H groups in total. The summed E-state index contributed by atoms with van der Waals surface area (Å²) in [7, 11) is 6.16. The zero-order valence-corrected chi connectivity index (χ0v) is 8.53. The van der Waals surface area contributed by atoms with E-state index < -0.39 is 12.6 Å². The number of hydrogen-bond acceptors (Lipinski definition) is 4. The van der Waals surface area contributed by atoms with Gasteiger partial charge in [0.15, 0.2) is 0 Å². The number of hydrogen-bond donors (Lipinski definition) is 4. The first-order valence-electron chi connectivity index (χ1n) is 3.57. The maximum absolute atomic E-state index is 9.12. The number of carbonyl (C=O) groups is 1. The van der Waals surface area contributed by atoms with Crippen molar-refractivity contribution in [3.05, 3.63) is 0 Å². The zero-order valence-electron chi connectivity index (χ0n) is 8.53. The van der Waals surface area contributed by atoms with Gasteiger partial charge < -0.3 is 26.0 Å². The van der Waals surface area contributed by atoms with Gasteiger partial charge in [-0.25, -0.2) is 4.79 Å². The predicted molar refractivity (Wildman–Crippen MR) is 49.7 cm³/mol. The average Bonchev–Trinajstić information content (AvgIpc) is 1.86. The molecule has 0 aliphatic heterocycles. The summed E-state index contributed by atoms with van der Waals surface area (Å²) in [5.41, 5.74) is 0. The summed E-state index contributed by atoms with van der Waals surface area (Å²) < 4.78 is 0.844. The standard InChI is InChI=1S/C5H14NO.C2H4O3.H3N/c1-6(2,3)4-5-7;3-1-2(4)5;/h7H,4-5H2,1-3H3;3H,1H2,(H,4,5);1H3/q+1;;. The van der Waals surface area contributed by atoms with Crippen molar-refractivity contribution < 1.29 is 24.6 Å². The molecule has 82 valence electrons. The Kier molecular flexibility index (Phi) is 13.1. The van der Waals surface area contributed by atoms with Gasteiger partial charge in [0.05, 0.1) is 27.7 Å². The number of aliphatic carboxylic acids is 1. The van der Waals surface area contributed by atoms with E-state index in [1.54, 1.807) is 0 Å². The molecule has 6 heteroatoms. The first-order chi connectivity index (χ1) is 5.33. The van der Waals surface area contributed by atoms with Gasteiger partial charge in [-0.3, -0.25) is 0 Å². The average molecular weight is 197 g/mol. The van der Waals surface area contributed by atoms with Gasteiger partial charge in [0.2, 0.25) is 0 Å². The molecular formula is C7H21N2O4+. The Morgan fingerprint density at radius 1 is 1.23 bits per heavy atom. The highest BCUT2D eigenvalue weighted by atomic mass is 16.4. The molecule has 0 amide bonds. The molecule has 0 radical (unpaired) electrons. The maximum Gasteiger partial charge on any atom is 0.329 e. The lowest BCUT2D eigenvalue weighted by Gasteiger charge is -2.21. The SMILES string of the molecule is C[N+](C)(C)CCO.N.O=C(O)CO. The van der Waals surface area contributed by atoms with E-state index in [0.717, 1.165) is 11.0 Å². The van der Waals surface area contributed by atoms with Gasteiger partial charge in [-0.2, -0.15) is 0 Å². The molecule has 0 aliphatic carbocycles. The summed E-state index contributed by atoms with van der Waals surface area (Å²) in [6.07, 6.45) is 0. The number of aliphatic hydroxyl groups is 2. The Labute approximate surface area is 78.6 Å². The van der Waals surface area contributed by atoms with Crippen LogP contribution >= 0.6 is 0 Å². The topological polar surface area (TPSA) is 113 Å². The van der Waals surface area contributed by atoms with Crippen LogP contribution in [-0.2, 0) is 4.79 Å². The second-order valence-electron chi connectivity index (χ2n) is 3.29. The quantitative estimate of drug-likeness (QED) is 0.429. The van der Waals surface area contributed by atoms with Gasteiger partial charge in [0.25, 0.3) is 0 Å². The fourth-order valence-electron chi connectivity index (χ4n) is 0.300. The molecule has 6 nitrogen and oxygen atoms in total. The van der Waals surface area contributed by atoms with Gasteiger partial charge in [-0.1, -0.05) is 0 Å². The number of quaternary nitrogens is 1. The molecule has 0 saturated heterocycles. The molecule has 0 saturated carbocycles. The van der Waals surface area contributed by atoms with Crippen molar-refractivity contribution in [1.29, 1.82) is 0 Å². The number of carboxylic acids is 1. The number of aliphatic hydroxyl groups excluding tert-OH is 2. The van der Waals surface area contributed by atoms with Crippen molar-refractivity contribution >= 4 is 5.97 Å². The van der Waals surface area contributed by atoms with Crippen LogP contribution in [0.5, 0.6) is 0 Å². The van der Waals surface area contributed by atoms with E-state index >= 15 is 0 Å². The first-order valence-corrected chi connectivity index (χ1v) is 3.57. The number of carboxylic acid groups (broad SMARTS) is 1. The number of likely N-dealkylation sites (N-methyl/N-ethyl adjacent to an activating group) is 1. The van der Waals surface area contributed by atoms with Crippen LogP contribution in [-0.4, -0.2) is 66.7 Å². The number of rotatable bonds is 3. The van der Waals surface area contributed by atoms with Crippen LogP contribution < -0.4 is 6.15 Å². The van der Waals surface area contributed by atoms with Crippen LogP contribution in [0.4, 0.5) is 0 Å². The minimum absolute atomic E-state index is 0. The highest BCUT2D eigenvalue weighted by Gasteiger charge is 2.02. The molecule has 0 atom stereocenters. The van der Waals surface area contributed by atoms with Crippen molar-refractivity contribution in [3.8, 4) is 0 Å². The van der Waals surface area contributed by atoms with Crippen molar-refractivity contribution in [2.24, 2.45) is 0 Å². The summed E-state index contributed by atoms with van der Waals surface area (Å²) >= 11 is 0. The fraction of sp³-hybridized carbons (Fsp3) is 0.857. The smallest absolute Gasteiger partial charge is 0.329 e. The molecule has 0 fully saturated rings. The van der Waals surface area contributed by atoms with Gasteiger partial charge in [-0.05, 0) is 0 Å². The monoisotopic (exact) mass is 197 g/mol. The Morgan fingerprint density at radius 2 is 1.54 bits per heavy atom. The Balaban J connectivity index is -0.000000150. The van der Waals surface area contributed by atoms with Crippen molar-refractivity contribution in [2.45, 2.75) is 0 Å². The summed E-state index contributed by atoms with van der Waals surface area (Å²) in [6, 6.07) is 0. The van der Waals surface area contributed by atoms with Crippen LogP contribution in [0.15, 0.2) is 0 Å². The van der Waals surface area contributed by atoms with Gasteiger partial charge in [0.1, 0.15) is 13.2 Å². The second-order valence-corrected chi connectivity index (χ2v) is 3.29. The molecule has 0 unspecified atom stereocenters. The van der Waals surface area contributed by atoms with Crippen molar-refractivity contribution in [2.75, 3.05) is 40.9 Å². The van der Waals surface area contributed by atoms with Crippen LogP contribution in [0.2, 0.25) is 0 Å². The minimum Gasteiger partial charge on any atom is -0.480 e. The van der Waals surface area contributed by atoms with E-state index in [2.05, 4.69) is 21.1 Å². The minimum atomic E-state index is -1.19. The summed E-state index contributed by atoms with van der Waals surface area (Å²) in [5.74, 6) is -1.19. The molecule has 0 heterocycles. The second kappa shape index (κ2) is 9.40. The third-order valence-electron chi connectivity index (χ3n) is 0.906. The lowest BCUT2D eigenvalue weighted by Crippen LogP contribution is -2.36. The highest BCUT2D eigenvalue weighted by Crippen LogP contribution is 1.84. The van der Waals surface area contributed by atoms with E-state index in [-0.39, 0.29) is 12.8 Å². The summed E-state index contributed by atoms with van der Waals surface area (Å²) in [4.78, 5) is 9.12. The summed E-state index contributed by atoms with van der Waals surface area (Å²) in [5, 5.41) is 23.4. The lowest BCUT2D eigenvalue weighted by atomic mass is 10.5. The largest absolute Gasteiger partial charge is 0.480 e. The molecule has 0 spiro atoms. The van der Waals surface area contributed by atoms with Crippen molar-refractivity contribution in [3.63, 3.8) is 0 Å². The van der Waals surface area contributed by atoms with E-state index in [0.29, 0.717) is 0 Å². The van der Waals surface area contributed by atoms with Gasteiger partial charge in [0, 0.05) is 0 Å². The van der Waals surface area contributed by atoms with E-state index in [1.165, 1.54) is 0 Å². The van der Waals surface area contributed by atoms with Gasteiger partial charge >= 0.3 is 5.97 Å². The predicted octanol–water partition coefficient (Wildman–Crippen LogP) is -1.09. The summed E-state index contributed by atoms with van der Waals surface area (Å²) in [6.45, 7) is 0.337. The number of nitrogens with zero attached hydrogens (tertiary/aromatic N) is 1. The van der Waals surface area contributed by atoms with E-state index in [1.807, 2.05) is 0 Å². The molecule has 0 bridgehead atoms. The van der Waals surface area contributed by atoms with Crippen LogP contribution in [0.3, 0.4) is 0 Å². The molecular weight excluding hydrogens is 176 g/mol.